The summed E-state index contributed by atoms with van der Waals surface area (Å²) in [5.74, 6) is 1.98. The third kappa shape index (κ3) is 5.78. The lowest BCUT2D eigenvalue weighted by Gasteiger charge is -2.29. The SMILES string of the molecule is COc1cccc(OCC(=O)Nc2ccc3c(c2)N(CCOc2cccc(C)c2)C(=O)CO3)c1. The zero-order chi connectivity index (χ0) is 23.9. The first-order valence-corrected chi connectivity index (χ1v) is 10.9. The number of hydrogen-bond donors (Lipinski definition) is 1. The number of fused-ring (bicyclic) bond motifs is 1. The maximum Gasteiger partial charge on any atom is 0.265 e. The molecule has 1 aliphatic heterocycles. The summed E-state index contributed by atoms with van der Waals surface area (Å²) in [4.78, 5) is 26.5. The van der Waals surface area contributed by atoms with Crippen molar-refractivity contribution in [3.05, 3.63) is 72.3 Å². The van der Waals surface area contributed by atoms with Crippen LogP contribution in [0.4, 0.5) is 11.4 Å². The Morgan fingerprint density at radius 3 is 2.56 bits per heavy atom. The van der Waals surface area contributed by atoms with Crippen LogP contribution in [0.1, 0.15) is 5.56 Å². The van der Waals surface area contributed by atoms with Crippen molar-refractivity contribution in [1.29, 1.82) is 0 Å². The molecule has 8 nitrogen and oxygen atoms in total. The predicted molar refractivity (Wildman–Crippen MR) is 128 cm³/mol. The predicted octanol–water partition coefficient (Wildman–Crippen LogP) is 3.83. The van der Waals surface area contributed by atoms with Crippen molar-refractivity contribution in [1.82, 2.24) is 0 Å². The number of amides is 2. The molecule has 3 aromatic rings. The molecule has 2 amide bonds. The van der Waals surface area contributed by atoms with Gasteiger partial charge in [-0.1, -0.05) is 18.2 Å². The first-order valence-electron chi connectivity index (χ1n) is 10.9. The number of rotatable bonds is 9. The molecule has 8 heteroatoms. The number of methoxy groups -OCH3 is 1. The standard InChI is InChI=1S/C26H26N2O6/c1-18-5-3-7-21(13-18)32-12-11-28-23-14-19(9-10-24(23)34-17-26(28)30)27-25(29)16-33-22-8-4-6-20(15-22)31-2/h3-10,13-15H,11-12,16-17H2,1-2H3,(H,27,29). The minimum absolute atomic E-state index is 0.0441. The van der Waals surface area contributed by atoms with Crippen molar-refractivity contribution < 1.29 is 28.5 Å². The number of ether oxygens (including phenoxy) is 4. The number of benzene rings is 3. The van der Waals surface area contributed by atoms with Crippen LogP contribution in [0.2, 0.25) is 0 Å². The molecule has 0 bridgehead atoms. The van der Waals surface area contributed by atoms with Crippen molar-refractivity contribution in [3.8, 4) is 23.0 Å². The molecule has 0 radical (unpaired) electrons. The number of aryl methyl sites for hydroxylation is 1. The van der Waals surface area contributed by atoms with Crippen molar-refractivity contribution in [2.75, 3.05) is 43.7 Å². The van der Waals surface area contributed by atoms with E-state index < -0.39 is 0 Å². The Balaban J connectivity index is 1.38. The first kappa shape index (κ1) is 23.0. The van der Waals surface area contributed by atoms with E-state index in [4.69, 9.17) is 18.9 Å². The second kappa shape index (κ2) is 10.6. The highest BCUT2D eigenvalue weighted by Gasteiger charge is 2.26. The van der Waals surface area contributed by atoms with E-state index in [0.29, 0.717) is 41.8 Å². The molecule has 1 N–H and O–H groups in total. The van der Waals surface area contributed by atoms with Crippen LogP contribution in [-0.4, -0.2) is 45.3 Å². The molecule has 0 aromatic heterocycles. The summed E-state index contributed by atoms with van der Waals surface area (Å²) in [6, 6.07) is 19.9. The normalized spacial score (nSPS) is 12.4. The molecule has 0 fully saturated rings. The van der Waals surface area contributed by atoms with Crippen LogP contribution in [0, 0.1) is 6.92 Å². The monoisotopic (exact) mass is 462 g/mol. The van der Waals surface area contributed by atoms with Gasteiger partial charge in [0, 0.05) is 11.8 Å². The van der Waals surface area contributed by atoms with E-state index >= 15 is 0 Å². The van der Waals surface area contributed by atoms with E-state index in [1.54, 1.807) is 54.5 Å². The summed E-state index contributed by atoms with van der Waals surface area (Å²) in [5.41, 5.74) is 2.21. The minimum atomic E-state index is -0.333. The van der Waals surface area contributed by atoms with E-state index in [9.17, 15) is 9.59 Å². The molecule has 0 saturated carbocycles. The second-order valence-corrected chi connectivity index (χ2v) is 7.70. The number of carbonyl (C=O) groups excluding carboxylic acids is 2. The molecule has 1 aliphatic rings. The van der Waals surface area contributed by atoms with Crippen molar-refractivity contribution in [2.45, 2.75) is 6.92 Å². The third-order valence-electron chi connectivity index (χ3n) is 5.17. The Morgan fingerprint density at radius 1 is 1.00 bits per heavy atom. The fraction of sp³-hybridized carbons (Fsp3) is 0.231. The molecule has 0 atom stereocenters. The van der Waals surface area contributed by atoms with Crippen LogP contribution in [-0.2, 0) is 9.59 Å². The lowest BCUT2D eigenvalue weighted by molar-refractivity contribution is -0.121. The fourth-order valence-corrected chi connectivity index (χ4v) is 3.52. The zero-order valence-corrected chi connectivity index (χ0v) is 19.1. The number of carbonyl (C=O) groups is 2. The number of nitrogens with zero attached hydrogens (tertiary/aromatic N) is 1. The molecule has 0 unspecified atom stereocenters. The average Bonchev–Trinajstić information content (AvgIpc) is 2.84. The molecule has 4 rings (SSSR count). The zero-order valence-electron chi connectivity index (χ0n) is 19.1. The lowest BCUT2D eigenvalue weighted by Crippen LogP contribution is -2.41. The van der Waals surface area contributed by atoms with Crippen LogP contribution in [0.5, 0.6) is 23.0 Å². The Hall–Kier alpha value is -4.20. The highest BCUT2D eigenvalue weighted by molar-refractivity contribution is 5.99. The van der Waals surface area contributed by atoms with Gasteiger partial charge in [0.1, 0.15) is 29.6 Å². The number of anilines is 2. The van der Waals surface area contributed by atoms with Gasteiger partial charge in [0.05, 0.1) is 19.3 Å². The molecule has 0 spiro atoms. The summed E-state index contributed by atoms with van der Waals surface area (Å²) in [5, 5.41) is 2.79. The molecular weight excluding hydrogens is 436 g/mol. The molecule has 0 aliphatic carbocycles. The highest BCUT2D eigenvalue weighted by atomic mass is 16.5. The first-order chi connectivity index (χ1) is 16.5. The lowest BCUT2D eigenvalue weighted by atomic mass is 10.2. The summed E-state index contributed by atoms with van der Waals surface area (Å²) >= 11 is 0. The van der Waals surface area contributed by atoms with E-state index in [1.807, 2.05) is 31.2 Å². The molecule has 0 saturated heterocycles. The van der Waals surface area contributed by atoms with Gasteiger partial charge >= 0.3 is 0 Å². The van der Waals surface area contributed by atoms with Gasteiger partial charge in [-0.3, -0.25) is 9.59 Å². The Kier molecular flexibility index (Phi) is 7.17. The van der Waals surface area contributed by atoms with Gasteiger partial charge in [-0.25, -0.2) is 0 Å². The maximum atomic E-state index is 12.5. The summed E-state index contributed by atoms with van der Waals surface area (Å²) < 4.78 is 22.1. The van der Waals surface area contributed by atoms with E-state index in [2.05, 4.69) is 5.32 Å². The summed E-state index contributed by atoms with van der Waals surface area (Å²) in [7, 11) is 1.56. The van der Waals surface area contributed by atoms with Crippen LogP contribution < -0.4 is 29.2 Å². The summed E-state index contributed by atoms with van der Waals surface area (Å²) in [6.45, 7) is 2.44. The van der Waals surface area contributed by atoms with E-state index in [-0.39, 0.29) is 25.0 Å². The maximum absolute atomic E-state index is 12.5. The van der Waals surface area contributed by atoms with Crippen LogP contribution in [0.15, 0.2) is 66.7 Å². The topological polar surface area (TPSA) is 86.3 Å². The second-order valence-electron chi connectivity index (χ2n) is 7.70. The average molecular weight is 463 g/mol. The van der Waals surface area contributed by atoms with Gasteiger partial charge in [-0.15, -0.1) is 0 Å². The van der Waals surface area contributed by atoms with Gasteiger partial charge < -0.3 is 29.2 Å². The Bertz CT molecular complexity index is 1180. The molecule has 176 valence electrons. The Labute approximate surface area is 198 Å². The molecular formula is C26H26N2O6. The van der Waals surface area contributed by atoms with Gasteiger partial charge in [-0.05, 0) is 55.0 Å². The van der Waals surface area contributed by atoms with Crippen LogP contribution in [0.3, 0.4) is 0 Å². The van der Waals surface area contributed by atoms with Gasteiger partial charge in [-0.2, -0.15) is 0 Å². The van der Waals surface area contributed by atoms with Gasteiger partial charge in [0.15, 0.2) is 13.2 Å². The van der Waals surface area contributed by atoms with Crippen molar-refractivity contribution >= 4 is 23.2 Å². The van der Waals surface area contributed by atoms with Crippen molar-refractivity contribution in [3.63, 3.8) is 0 Å². The third-order valence-corrected chi connectivity index (χ3v) is 5.17. The van der Waals surface area contributed by atoms with Crippen LogP contribution in [0.25, 0.3) is 0 Å². The fourth-order valence-electron chi connectivity index (χ4n) is 3.52. The highest BCUT2D eigenvalue weighted by Crippen LogP contribution is 2.34. The quantitative estimate of drug-likeness (QED) is 0.520. The van der Waals surface area contributed by atoms with Gasteiger partial charge in [0.2, 0.25) is 0 Å². The smallest absolute Gasteiger partial charge is 0.265 e. The largest absolute Gasteiger partial charge is 0.497 e. The molecule has 3 aromatic carbocycles. The Morgan fingerprint density at radius 2 is 1.76 bits per heavy atom. The number of hydrogen-bond acceptors (Lipinski definition) is 6. The summed E-state index contributed by atoms with van der Waals surface area (Å²) in [6.07, 6.45) is 0. The van der Waals surface area contributed by atoms with Crippen molar-refractivity contribution in [2.24, 2.45) is 0 Å². The van der Waals surface area contributed by atoms with E-state index in [0.717, 1.165) is 11.3 Å². The minimum Gasteiger partial charge on any atom is -0.497 e. The number of nitrogens with one attached hydrogen (secondary N) is 1. The van der Waals surface area contributed by atoms with E-state index in [1.165, 1.54) is 0 Å². The van der Waals surface area contributed by atoms with Gasteiger partial charge in [0.25, 0.3) is 11.8 Å². The molecule has 1 heterocycles. The molecule has 34 heavy (non-hydrogen) atoms. The van der Waals surface area contributed by atoms with Crippen LogP contribution >= 0.6 is 0 Å².